The molecule has 182 valence electrons. The van der Waals surface area contributed by atoms with Gasteiger partial charge in [-0.3, -0.25) is 14.5 Å². The van der Waals surface area contributed by atoms with E-state index in [1.807, 2.05) is 19.9 Å². The number of fused-ring (bicyclic) bond motifs is 1. The highest BCUT2D eigenvalue weighted by atomic mass is 19.1. The number of aromatic amines is 1. The third-order valence-corrected chi connectivity index (χ3v) is 5.40. The number of nitrogens with one attached hydrogen (secondary N) is 2. The highest BCUT2D eigenvalue weighted by Crippen LogP contribution is 2.26. The number of nitrogens with zero attached hydrogens (tertiary/aromatic N) is 7. The number of imidazole rings is 1. The summed E-state index contributed by atoms with van der Waals surface area (Å²) in [5.41, 5.74) is 3.07. The van der Waals surface area contributed by atoms with Crippen molar-refractivity contribution in [3.05, 3.63) is 53.6 Å². The van der Waals surface area contributed by atoms with Gasteiger partial charge in [0, 0.05) is 30.1 Å². The lowest BCUT2D eigenvalue weighted by Gasteiger charge is -2.20. The topological polar surface area (TPSA) is 134 Å². The summed E-state index contributed by atoms with van der Waals surface area (Å²) in [5, 5.41) is 20.9. The molecule has 4 rings (SSSR count). The molecule has 2 amide bonds. The molecule has 12 heteroatoms. The van der Waals surface area contributed by atoms with E-state index >= 15 is 0 Å². The van der Waals surface area contributed by atoms with Crippen LogP contribution in [0, 0.1) is 11.7 Å². The monoisotopic (exact) mass is 479 g/mol. The SMILES string of the molecule is CC(C)C(=O)N(CCNC(=O)c1cn2nc(-c3ccc(F)cc3)cc(C(C)C)c2n1)c1nn[nH]n1. The number of hydrogen-bond acceptors (Lipinski definition) is 7. The van der Waals surface area contributed by atoms with Gasteiger partial charge in [0.05, 0.1) is 11.9 Å². The number of carbonyl (C=O) groups excluding carboxylic acids is 2. The summed E-state index contributed by atoms with van der Waals surface area (Å²) in [5.74, 6) is -0.939. The van der Waals surface area contributed by atoms with Crippen molar-refractivity contribution in [2.24, 2.45) is 5.92 Å². The molecule has 0 fully saturated rings. The maximum atomic E-state index is 13.4. The van der Waals surface area contributed by atoms with Crippen LogP contribution in [0.2, 0.25) is 0 Å². The Bertz CT molecular complexity index is 1330. The van der Waals surface area contributed by atoms with E-state index in [9.17, 15) is 14.0 Å². The van der Waals surface area contributed by atoms with E-state index < -0.39 is 5.91 Å². The number of H-pyrrole nitrogens is 1. The van der Waals surface area contributed by atoms with E-state index in [-0.39, 0.29) is 48.3 Å². The zero-order valence-corrected chi connectivity index (χ0v) is 19.9. The average molecular weight is 480 g/mol. The Morgan fingerprint density at radius 1 is 1.17 bits per heavy atom. The molecule has 0 saturated carbocycles. The van der Waals surface area contributed by atoms with Crippen LogP contribution in [0.5, 0.6) is 0 Å². The van der Waals surface area contributed by atoms with Crippen LogP contribution in [0.15, 0.2) is 36.5 Å². The fourth-order valence-electron chi connectivity index (χ4n) is 3.56. The van der Waals surface area contributed by atoms with Crippen molar-refractivity contribution in [1.82, 2.24) is 40.5 Å². The summed E-state index contributed by atoms with van der Waals surface area (Å²) < 4.78 is 14.9. The van der Waals surface area contributed by atoms with Crippen molar-refractivity contribution in [2.75, 3.05) is 18.0 Å². The van der Waals surface area contributed by atoms with Gasteiger partial charge in [-0.2, -0.15) is 10.3 Å². The predicted octanol–water partition coefficient (Wildman–Crippen LogP) is 2.59. The van der Waals surface area contributed by atoms with Crippen LogP contribution in [0.4, 0.5) is 10.3 Å². The zero-order chi connectivity index (χ0) is 25.1. The van der Waals surface area contributed by atoms with Crippen molar-refractivity contribution < 1.29 is 14.0 Å². The molecular formula is C23H26FN9O2. The second kappa shape index (κ2) is 9.95. The lowest BCUT2D eigenvalue weighted by Crippen LogP contribution is -2.41. The Morgan fingerprint density at radius 3 is 2.54 bits per heavy atom. The summed E-state index contributed by atoms with van der Waals surface area (Å²) in [7, 11) is 0. The smallest absolute Gasteiger partial charge is 0.272 e. The number of amides is 2. The van der Waals surface area contributed by atoms with E-state index in [0.29, 0.717) is 11.3 Å². The van der Waals surface area contributed by atoms with Gasteiger partial charge >= 0.3 is 0 Å². The number of tetrazole rings is 1. The number of anilines is 1. The minimum atomic E-state index is -0.404. The first kappa shape index (κ1) is 23.9. The van der Waals surface area contributed by atoms with Gasteiger partial charge in [0.1, 0.15) is 11.5 Å². The normalized spacial score (nSPS) is 11.4. The van der Waals surface area contributed by atoms with Crippen LogP contribution in [0.3, 0.4) is 0 Å². The average Bonchev–Trinajstić information content (AvgIpc) is 3.51. The van der Waals surface area contributed by atoms with Crippen molar-refractivity contribution in [1.29, 1.82) is 0 Å². The van der Waals surface area contributed by atoms with Gasteiger partial charge in [-0.25, -0.2) is 13.9 Å². The van der Waals surface area contributed by atoms with Crippen LogP contribution in [-0.4, -0.2) is 60.1 Å². The van der Waals surface area contributed by atoms with Gasteiger partial charge in [-0.15, -0.1) is 5.10 Å². The first-order valence-corrected chi connectivity index (χ1v) is 11.2. The number of benzene rings is 1. The standard InChI is InChI=1S/C23H26FN9O2/c1-13(2)17-11-18(15-5-7-16(24)8-6-15)29-33-12-19(26-20(17)33)21(34)25-9-10-32(22(35)14(3)4)23-27-30-31-28-23/h5-8,11-14H,9-10H2,1-4H3,(H,25,34)(H,27,28,30,31). The molecule has 0 unspecified atom stereocenters. The summed E-state index contributed by atoms with van der Waals surface area (Å²) in [6.07, 6.45) is 1.56. The maximum Gasteiger partial charge on any atom is 0.272 e. The third-order valence-electron chi connectivity index (χ3n) is 5.40. The van der Waals surface area contributed by atoms with Gasteiger partial charge in [-0.05, 0) is 41.5 Å². The van der Waals surface area contributed by atoms with Gasteiger partial charge in [-0.1, -0.05) is 32.8 Å². The number of hydrogen-bond donors (Lipinski definition) is 2. The molecule has 0 spiro atoms. The Balaban J connectivity index is 1.54. The third kappa shape index (κ3) is 5.15. The quantitative estimate of drug-likeness (QED) is 0.397. The summed E-state index contributed by atoms with van der Waals surface area (Å²) >= 11 is 0. The fourth-order valence-corrected chi connectivity index (χ4v) is 3.56. The molecule has 0 aliphatic rings. The second-order valence-electron chi connectivity index (χ2n) is 8.65. The molecule has 0 atom stereocenters. The molecule has 0 saturated heterocycles. The van der Waals surface area contributed by atoms with E-state index in [4.69, 9.17) is 0 Å². The largest absolute Gasteiger partial charge is 0.349 e. The van der Waals surface area contributed by atoms with E-state index in [2.05, 4.69) is 36.0 Å². The molecule has 2 N–H and O–H groups in total. The number of carbonyl (C=O) groups is 2. The molecule has 0 bridgehead atoms. The number of rotatable bonds is 8. The van der Waals surface area contributed by atoms with Crippen molar-refractivity contribution >= 4 is 23.4 Å². The van der Waals surface area contributed by atoms with Crippen LogP contribution in [-0.2, 0) is 4.79 Å². The molecule has 0 radical (unpaired) electrons. The van der Waals surface area contributed by atoms with Gasteiger partial charge < -0.3 is 5.32 Å². The molecule has 1 aromatic carbocycles. The van der Waals surface area contributed by atoms with Gasteiger partial charge in [0.2, 0.25) is 5.91 Å². The first-order chi connectivity index (χ1) is 16.7. The van der Waals surface area contributed by atoms with Crippen LogP contribution < -0.4 is 10.2 Å². The molecule has 3 aromatic heterocycles. The molecule has 0 aliphatic heterocycles. The predicted molar refractivity (Wildman–Crippen MR) is 126 cm³/mol. The fraction of sp³-hybridized carbons (Fsp3) is 0.348. The molecule has 4 aromatic rings. The van der Waals surface area contributed by atoms with E-state index in [1.54, 1.807) is 36.7 Å². The highest BCUT2D eigenvalue weighted by Gasteiger charge is 2.23. The van der Waals surface area contributed by atoms with Crippen LogP contribution in [0.1, 0.15) is 49.7 Å². The minimum absolute atomic E-state index is 0.114. The van der Waals surface area contributed by atoms with Crippen LogP contribution >= 0.6 is 0 Å². The molecule has 11 nitrogen and oxygen atoms in total. The van der Waals surface area contributed by atoms with E-state index in [0.717, 1.165) is 11.1 Å². The van der Waals surface area contributed by atoms with Crippen molar-refractivity contribution in [3.8, 4) is 11.3 Å². The number of halogens is 1. The Morgan fingerprint density at radius 2 is 1.91 bits per heavy atom. The van der Waals surface area contributed by atoms with Gasteiger partial charge in [0.25, 0.3) is 11.9 Å². The molecule has 35 heavy (non-hydrogen) atoms. The second-order valence-corrected chi connectivity index (χ2v) is 8.65. The summed E-state index contributed by atoms with van der Waals surface area (Å²) in [6.45, 7) is 7.91. The summed E-state index contributed by atoms with van der Waals surface area (Å²) in [6, 6.07) is 7.98. The number of aromatic nitrogens is 7. The van der Waals surface area contributed by atoms with Crippen molar-refractivity contribution in [2.45, 2.75) is 33.6 Å². The lowest BCUT2D eigenvalue weighted by molar-refractivity contribution is -0.121. The lowest BCUT2D eigenvalue weighted by atomic mass is 10.0. The minimum Gasteiger partial charge on any atom is -0.349 e. The molecular weight excluding hydrogens is 453 g/mol. The zero-order valence-electron chi connectivity index (χ0n) is 19.9. The highest BCUT2D eigenvalue weighted by molar-refractivity contribution is 5.94. The maximum absolute atomic E-state index is 13.4. The van der Waals surface area contributed by atoms with Crippen LogP contribution in [0.25, 0.3) is 16.9 Å². The Hall–Kier alpha value is -4.22. The Kier molecular flexibility index (Phi) is 6.80. The Labute approximate surface area is 200 Å². The van der Waals surface area contributed by atoms with E-state index in [1.165, 1.54) is 17.0 Å². The molecule has 0 aliphatic carbocycles. The first-order valence-electron chi connectivity index (χ1n) is 11.2. The summed E-state index contributed by atoms with van der Waals surface area (Å²) in [4.78, 5) is 31.2. The molecule has 3 heterocycles. The van der Waals surface area contributed by atoms with Gasteiger partial charge in [0.15, 0.2) is 5.65 Å². The van der Waals surface area contributed by atoms with Crippen molar-refractivity contribution in [3.63, 3.8) is 0 Å².